The van der Waals surface area contributed by atoms with E-state index in [1.165, 1.54) is 11.9 Å². The Hall–Kier alpha value is -0.480. The van der Waals surface area contributed by atoms with Gasteiger partial charge in [0.25, 0.3) is 0 Å². The predicted octanol–water partition coefficient (Wildman–Crippen LogP) is 3.09. The van der Waals surface area contributed by atoms with E-state index in [4.69, 9.17) is 0 Å². The summed E-state index contributed by atoms with van der Waals surface area (Å²) in [5.41, 5.74) is 1.14. The van der Waals surface area contributed by atoms with Gasteiger partial charge >= 0.3 is 0 Å². The van der Waals surface area contributed by atoms with Crippen LogP contribution in [0.15, 0.2) is 34.9 Å². The second-order valence-corrected chi connectivity index (χ2v) is 4.79. The van der Waals surface area contributed by atoms with E-state index >= 15 is 0 Å². The lowest BCUT2D eigenvalue weighted by Crippen LogP contribution is -2.19. The van der Waals surface area contributed by atoms with Crippen LogP contribution < -0.4 is 0 Å². The van der Waals surface area contributed by atoms with Crippen molar-refractivity contribution in [3.63, 3.8) is 0 Å². The van der Waals surface area contributed by atoms with Crippen molar-refractivity contribution < 1.29 is 4.70 Å². The molecule has 1 aliphatic heterocycles. The Labute approximate surface area is 87.6 Å². The molecular weight excluding hydrogens is 200 g/mol. The molecule has 1 aromatic carbocycles. The Balaban J connectivity index is 2.29. The van der Waals surface area contributed by atoms with Crippen molar-refractivity contribution in [3.8, 4) is 0 Å². The van der Waals surface area contributed by atoms with Crippen LogP contribution in [0.3, 0.4) is 0 Å². The molecule has 0 bridgehead atoms. The smallest absolute Gasteiger partial charge is 0.156 e. The molecule has 13 heavy (non-hydrogen) atoms. The number of para-hydroxylation sites is 1. The first-order valence-corrected chi connectivity index (χ1v) is 5.53. The minimum atomic E-state index is 0.278. The van der Waals surface area contributed by atoms with Crippen molar-refractivity contribution in [1.29, 1.82) is 0 Å². The van der Waals surface area contributed by atoms with Crippen LogP contribution in [0.5, 0.6) is 0 Å². The molecule has 68 valence electrons. The molecule has 0 saturated heterocycles. The van der Waals surface area contributed by atoms with Gasteiger partial charge in [0.05, 0.1) is 11.9 Å². The van der Waals surface area contributed by atoms with Crippen molar-refractivity contribution in [2.24, 2.45) is 4.52 Å². The van der Waals surface area contributed by atoms with Gasteiger partial charge in [-0.25, -0.2) is 0 Å². The third-order valence-electron chi connectivity index (χ3n) is 2.06. The molecule has 1 aromatic rings. The van der Waals surface area contributed by atoms with Gasteiger partial charge in [-0.2, -0.15) is 12.6 Å². The first-order valence-electron chi connectivity index (χ1n) is 4.18. The Bertz CT molecular complexity index is 324. The zero-order valence-corrected chi connectivity index (χ0v) is 9.00. The summed E-state index contributed by atoms with van der Waals surface area (Å²) in [7, 11) is 0. The maximum atomic E-state index is 4.42. The van der Waals surface area contributed by atoms with Crippen LogP contribution in [0.4, 0.5) is 5.69 Å². The summed E-state index contributed by atoms with van der Waals surface area (Å²) in [5, 5.41) is 0. The van der Waals surface area contributed by atoms with Gasteiger partial charge in [0.1, 0.15) is 4.58 Å². The Morgan fingerprint density at radius 1 is 1.38 bits per heavy atom. The minimum Gasteiger partial charge on any atom is -0.156 e. The maximum Gasteiger partial charge on any atom is 0.233 e. The summed E-state index contributed by atoms with van der Waals surface area (Å²) < 4.78 is 6.64. The minimum absolute atomic E-state index is 0.278. The molecule has 0 spiro atoms. The third kappa shape index (κ3) is 1.74. The molecular formula is C9H11N2S2+. The Kier molecular flexibility index (Phi) is 2.60. The fourth-order valence-electron chi connectivity index (χ4n) is 1.25. The van der Waals surface area contributed by atoms with Gasteiger partial charge in [-0.1, -0.05) is 22.9 Å². The highest BCUT2D eigenvalue weighted by molar-refractivity contribution is 8.09. The van der Waals surface area contributed by atoms with E-state index in [-0.39, 0.29) is 4.58 Å². The van der Waals surface area contributed by atoms with Gasteiger partial charge in [-0.05, 0) is 0 Å². The SMILES string of the molecule is CC1C(S)SN=[N+]1c1ccccc1. The van der Waals surface area contributed by atoms with E-state index in [0.717, 1.165) is 5.69 Å². The molecule has 2 atom stereocenters. The number of nitrogens with zero attached hydrogens (tertiary/aromatic N) is 2. The molecule has 2 rings (SSSR count). The molecule has 1 aliphatic rings. The van der Waals surface area contributed by atoms with Gasteiger partial charge in [0, 0.05) is 23.6 Å². The van der Waals surface area contributed by atoms with Crippen molar-refractivity contribution in [2.45, 2.75) is 17.5 Å². The summed E-state index contributed by atoms with van der Waals surface area (Å²) in [6.45, 7) is 2.13. The molecule has 0 radical (unpaired) electrons. The normalized spacial score (nSPS) is 27.4. The predicted molar refractivity (Wildman–Crippen MR) is 58.6 cm³/mol. The second kappa shape index (κ2) is 3.72. The molecule has 0 fully saturated rings. The lowest BCUT2D eigenvalue weighted by Gasteiger charge is -2.02. The molecule has 1 heterocycles. The summed E-state index contributed by atoms with van der Waals surface area (Å²) in [4.78, 5) is 0. The lowest BCUT2D eigenvalue weighted by atomic mass is 10.3. The van der Waals surface area contributed by atoms with Crippen molar-refractivity contribution >= 4 is 30.3 Å². The largest absolute Gasteiger partial charge is 0.233 e. The van der Waals surface area contributed by atoms with Gasteiger partial charge < -0.3 is 0 Å². The van der Waals surface area contributed by atoms with E-state index in [1.807, 2.05) is 22.9 Å². The van der Waals surface area contributed by atoms with Gasteiger partial charge in [0.15, 0.2) is 0 Å². The zero-order valence-electron chi connectivity index (χ0n) is 7.29. The molecule has 0 aromatic heterocycles. The monoisotopic (exact) mass is 211 g/mol. The Morgan fingerprint density at radius 2 is 2.08 bits per heavy atom. The van der Waals surface area contributed by atoms with Crippen LogP contribution in [0.25, 0.3) is 0 Å². The average Bonchev–Trinajstić information content (AvgIpc) is 2.49. The number of rotatable bonds is 1. The van der Waals surface area contributed by atoms with Crippen LogP contribution in [0.1, 0.15) is 6.92 Å². The van der Waals surface area contributed by atoms with Gasteiger partial charge in [-0.3, -0.25) is 0 Å². The van der Waals surface area contributed by atoms with Crippen LogP contribution in [0, 0.1) is 0 Å². The fraction of sp³-hybridized carbons (Fsp3) is 0.333. The molecule has 4 heteroatoms. The summed E-state index contributed by atoms with van der Waals surface area (Å²) in [6.07, 6.45) is 0. The van der Waals surface area contributed by atoms with Gasteiger partial charge in [0.2, 0.25) is 11.7 Å². The van der Waals surface area contributed by atoms with Crippen molar-refractivity contribution in [1.82, 2.24) is 0 Å². The molecule has 0 amide bonds. The van der Waals surface area contributed by atoms with E-state index in [1.54, 1.807) is 0 Å². The highest BCUT2D eigenvalue weighted by Gasteiger charge is 2.34. The number of hydrogen-bond acceptors (Lipinski definition) is 3. The first-order chi connectivity index (χ1) is 6.29. The molecule has 0 saturated carbocycles. The number of benzene rings is 1. The van der Waals surface area contributed by atoms with E-state index in [0.29, 0.717) is 6.04 Å². The third-order valence-corrected chi connectivity index (χ3v) is 3.66. The Morgan fingerprint density at radius 3 is 2.62 bits per heavy atom. The van der Waals surface area contributed by atoms with E-state index in [2.05, 4.69) is 36.2 Å². The van der Waals surface area contributed by atoms with Crippen LogP contribution in [-0.2, 0) is 0 Å². The lowest BCUT2D eigenvalue weighted by molar-refractivity contribution is -0.529. The maximum absolute atomic E-state index is 4.42. The summed E-state index contributed by atoms with van der Waals surface area (Å²) in [6, 6.07) is 10.5. The molecule has 2 nitrogen and oxygen atoms in total. The van der Waals surface area contributed by atoms with Crippen LogP contribution >= 0.6 is 24.6 Å². The van der Waals surface area contributed by atoms with Crippen molar-refractivity contribution in [3.05, 3.63) is 30.3 Å². The first kappa shape index (κ1) is 9.09. The van der Waals surface area contributed by atoms with Crippen molar-refractivity contribution in [2.75, 3.05) is 0 Å². The van der Waals surface area contributed by atoms with Gasteiger partial charge in [-0.15, -0.1) is 0 Å². The van der Waals surface area contributed by atoms with Crippen LogP contribution in [-0.4, -0.2) is 15.3 Å². The highest BCUT2D eigenvalue weighted by atomic mass is 32.2. The summed E-state index contributed by atoms with van der Waals surface area (Å²) >= 11 is 5.95. The zero-order chi connectivity index (χ0) is 9.26. The molecule has 2 unspecified atom stereocenters. The standard InChI is InChI=1S/C9H10N2S2/c1-7-9(12)13-10-11(7)8-5-3-2-4-6-8/h2-7,9H,1H3/p+1. The fourth-order valence-corrected chi connectivity index (χ4v) is 2.23. The number of hydrogen-bond donors (Lipinski definition) is 1. The second-order valence-electron chi connectivity index (χ2n) is 3.00. The molecule has 0 N–H and O–H groups in total. The topological polar surface area (TPSA) is 15.4 Å². The average molecular weight is 211 g/mol. The molecule has 0 aliphatic carbocycles. The number of thiol groups is 1. The van der Waals surface area contributed by atoms with E-state index in [9.17, 15) is 0 Å². The quantitative estimate of drug-likeness (QED) is 0.428. The summed E-state index contributed by atoms with van der Waals surface area (Å²) in [5.74, 6) is 0. The van der Waals surface area contributed by atoms with E-state index < -0.39 is 0 Å². The highest BCUT2D eigenvalue weighted by Crippen LogP contribution is 2.33. The van der Waals surface area contributed by atoms with Crippen LogP contribution in [0.2, 0.25) is 0 Å².